The molecule has 1 unspecified atom stereocenters. The molecule has 0 bridgehead atoms. The Kier molecular flexibility index (Phi) is 3.22. The van der Waals surface area contributed by atoms with Crippen molar-refractivity contribution in [2.24, 2.45) is 5.73 Å². The van der Waals surface area contributed by atoms with Gasteiger partial charge in [-0.1, -0.05) is 0 Å². The number of nitrogens with two attached hydrogens (primary N) is 1. The normalized spacial score (nSPS) is 13.2. The van der Waals surface area contributed by atoms with Gasteiger partial charge in [0.1, 0.15) is 5.82 Å². The van der Waals surface area contributed by atoms with Gasteiger partial charge in [-0.15, -0.1) is 0 Å². The summed E-state index contributed by atoms with van der Waals surface area (Å²) in [7, 11) is 0. The minimum Gasteiger partial charge on any atom is -0.333 e. The van der Waals surface area contributed by atoms with E-state index in [1.807, 2.05) is 6.92 Å². The maximum absolute atomic E-state index is 13.3. The van der Waals surface area contributed by atoms with Gasteiger partial charge in [0, 0.05) is 18.9 Å². The predicted molar refractivity (Wildman–Crippen MR) is 45.4 cm³/mol. The number of alkyl halides is 1. The monoisotopic (exact) mass is 171 g/mol. The molecule has 0 saturated heterocycles. The van der Waals surface area contributed by atoms with Gasteiger partial charge >= 0.3 is 0 Å². The summed E-state index contributed by atoms with van der Waals surface area (Å²) in [4.78, 5) is 3.94. The van der Waals surface area contributed by atoms with E-state index < -0.39 is 6.17 Å². The molecule has 0 aliphatic carbocycles. The maximum atomic E-state index is 13.3. The molecule has 4 heteroatoms. The Labute approximate surface area is 71.4 Å². The van der Waals surface area contributed by atoms with E-state index in [-0.39, 0.29) is 0 Å². The number of aryl methyl sites for hydroxylation is 1. The summed E-state index contributed by atoms with van der Waals surface area (Å²) >= 11 is 0. The average Bonchev–Trinajstić information content (AvgIpc) is 2.51. The van der Waals surface area contributed by atoms with Crippen molar-refractivity contribution in [1.29, 1.82) is 0 Å². The Bertz CT molecular complexity index is 234. The van der Waals surface area contributed by atoms with Crippen molar-refractivity contribution in [3.63, 3.8) is 0 Å². The average molecular weight is 171 g/mol. The number of hydrogen-bond acceptors (Lipinski definition) is 2. The third-order valence-electron chi connectivity index (χ3n) is 1.79. The Balaban J connectivity index is 2.71. The van der Waals surface area contributed by atoms with E-state index in [0.717, 1.165) is 6.54 Å². The van der Waals surface area contributed by atoms with Crippen LogP contribution in [0, 0.1) is 0 Å². The summed E-state index contributed by atoms with van der Waals surface area (Å²) in [5.41, 5.74) is 5.25. The molecule has 1 aromatic rings. The minimum atomic E-state index is -1.02. The van der Waals surface area contributed by atoms with Gasteiger partial charge in [-0.25, -0.2) is 9.37 Å². The zero-order valence-corrected chi connectivity index (χ0v) is 7.20. The lowest BCUT2D eigenvalue weighted by molar-refractivity contribution is 0.303. The van der Waals surface area contributed by atoms with E-state index >= 15 is 0 Å². The van der Waals surface area contributed by atoms with Crippen molar-refractivity contribution < 1.29 is 4.39 Å². The maximum Gasteiger partial charge on any atom is 0.159 e. The third kappa shape index (κ3) is 1.82. The van der Waals surface area contributed by atoms with Gasteiger partial charge in [0.15, 0.2) is 6.17 Å². The van der Waals surface area contributed by atoms with E-state index in [2.05, 4.69) is 4.98 Å². The Morgan fingerprint density at radius 3 is 3.08 bits per heavy atom. The molecule has 0 saturated carbocycles. The Morgan fingerprint density at radius 2 is 2.50 bits per heavy atom. The second-order valence-corrected chi connectivity index (χ2v) is 2.62. The summed E-state index contributed by atoms with van der Waals surface area (Å²) in [5.74, 6) is 0.489. The van der Waals surface area contributed by atoms with Gasteiger partial charge in [0.25, 0.3) is 0 Å². The second-order valence-electron chi connectivity index (χ2n) is 2.62. The lowest BCUT2D eigenvalue weighted by Crippen LogP contribution is -2.09. The van der Waals surface area contributed by atoms with E-state index in [1.165, 1.54) is 0 Å². The molecule has 0 fully saturated rings. The molecule has 0 spiro atoms. The van der Waals surface area contributed by atoms with E-state index in [0.29, 0.717) is 18.8 Å². The highest BCUT2D eigenvalue weighted by atomic mass is 19.1. The molecule has 1 heterocycles. The largest absolute Gasteiger partial charge is 0.333 e. The number of hydrogen-bond donors (Lipinski definition) is 1. The minimum absolute atomic E-state index is 0.344. The smallest absolute Gasteiger partial charge is 0.159 e. The Hall–Kier alpha value is -0.900. The van der Waals surface area contributed by atoms with Crippen LogP contribution < -0.4 is 5.73 Å². The molecule has 0 aromatic carbocycles. The molecular formula is C8H14FN3. The van der Waals surface area contributed by atoms with Crippen molar-refractivity contribution in [3.8, 4) is 0 Å². The van der Waals surface area contributed by atoms with Crippen LogP contribution in [-0.2, 0) is 6.54 Å². The SMILES string of the molecule is CCn1ccnc1C(F)CCN. The fraction of sp³-hybridized carbons (Fsp3) is 0.625. The molecule has 0 radical (unpaired) electrons. The molecule has 1 aromatic heterocycles. The summed E-state index contributed by atoms with van der Waals surface area (Å²) in [6.45, 7) is 3.07. The van der Waals surface area contributed by atoms with Crippen LogP contribution in [0.5, 0.6) is 0 Å². The zero-order chi connectivity index (χ0) is 8.97. The van der Waals surface area contributed by atoms with Crippen LogP contribution >= 0.6 is 0 Å². The molecular weight excluding hydrogens is 157 g/mol. The molecule has 0 aliphatic rings. The molecule has 0 amide bonds. The van der Waals surface area contributed by atoms with E-state index in [9.17, 15) is 4.39 Å². The number of rotatable bonds is 4. The van der Waals surface area contributed by atoms with Crippen LogP contribution in [0.2, 0.25) is 0 Å². The lowest BCUT2D eigenvalue weighted by Gasteiger charge is -2.07. The van der Waals surface area contributed by atoms with E-state index in [1.54, 1.807) is 17.0 Å². The molecule has 1 rings (SSSR count). The zero-order valence-electron chi connectivity index (χ0n) is 7.20. The van der Waals surface area contributed by atoms with Gasteiger partial charge in [-0.3, -0.25) is 0 Å². The molecule has 12 heavy (non-hydrogen) atoms. The fourth-order valence-corrected chi connectivity index (χ4v) is 1.14. The number of aromatic nitrogens is 2. The van der Waals surface area contributed by atoms with Crippen LogP contribution in [0.25, 0.3) is 0 Å². The van der Waals surface area contributed by atoms with Crippen molar-refractivity contribution in [2.45, 2.75) is 26.1 Å². The van der Waals surface area contributed by atoms with Gasteiger partial charge in [0.05, 0.1) is 0 Å². The number of nitrogens with zero attached hydrogens (tertiary/aromatic N) is 2. The highest BCUT2D eigenvalue weighted by Gasteiger charge is 2.13. The van der Waals surface area contributed by atoms with Gasteiger partial charge in [0.2, 0.25) is 0 Å². The van der Waals surface area contributed by atoms with Crippen molar-refractivity contribution in [3.05, 3.63) is 18.2 Å². The first-order valence-electron chi connectivity index (χ1n) is 4.14. The third-order valence-corrected chi connectivity index (χ3v) is 1.79. The molecule has 0 aliphatic heterocycles. The van der Waals surface area contributed by atoms with Crippen LogP contribution in [-0.4, -0.2) is 16.1 Å². The quantitative estimate of drug-likeness (QED) is 0.741. The molecule has 1 atom stereocenters. The standard InChI is InChI=1S/C8H14FN3/c1-2-12-6-5-11-8(12)7(9)3-4-10/h5-7H,2-4,10H2,1H3. The van der Waals surface area contributed by atoms with Crippen LogP contribution in [0.15, 0.2) is 12.4 Å². The van der Waals surface area contributed by atoms with Crippen molar-refractivity contribution in [1.82, 2.24) is 9.55 Å². The van der Waals surface area contributed by atoms with Crippen molar-refractivity contribution >= 4 is 0 Å². The highest BCUT2D eigenvalue weighted by Crippen LogP contribution is 2.18. The predicted octanol–water partition coefficient (Wildman–Crippen LogP) is 1.26. The molecule has 2 N–H and O–H groups in total. The fourth-order valence-electron chi connectivity index (χ4n) is 1.14. The van der Waals surface area contributed by atoms with Gasteiger partial charge in [-0.05, 0) is 19.9 Å². The summed E-state index contributed by atoms with van der Waals surface area (Å²) in [5, 5.41) is 0. The lowest BCUT2D eigenvalue weighted by atomic mass is 10.2. The van der Waals surface area contributed by atoms with Crippen LogP contribution in [0.4, 0.5) is 4.39 Å². The first-order chi connectivity index (χ1) is 5.79. The molecule has 68 valence electrons. The summed E-state index contributed by atoms with van der Waals surface area (Å²) < 4.78 is 15.0. The first-order valence-corrected chi connectivity index (χ1v) is 4.14. The molecule has 3 nitrogen and oxygen atoms in total. The number of halogens is 1. The first kappa shape index (κ1) is 9.19. The van der Waals surface area contributed by atoms with E-state index in [4.69, 9.17) is 5.73 Å². The topological polar surface area (TPSA) is 43.8 Å². The second kappa shape index (κ2) is 4.21. The van der Waals surface area contributed by atoms with Crippen molar-refractivity contribution in [2.75, 3.05) is 6.54 Å². The van der Waals surface area contributed by atoms with Gasteiger partial charge in [-0.2, -0.15) is 0 Å². The highest BCUT2D eigenvalue weighted by molar-refractivity contribution is 4.96. The summed E-state index contributed by atoms with van der Waals surface area (Å²) in [6.07, 6.45) is 2.71. The van der Waals surface area contributed by atoms with Crippen LogP contribution in [0.3, 0.4) is 0 Å². The Morgan fingerprint density at radius 1 is 1.75 bits per heavy atom. The summed E-state index contributed by atoms with van der Waals surface area (Å²) in [6, 6.07) is 0. The van der Waals surface area contributed by atoms with Gasteiger partial charge < -0.3 is 10.3 Å². The van der Waals surface area contributed by atoms with Crippen LogP contribution in [0.1, 0.15) is 25.3 Å². The number of imidazole rings is 1.